The number of benzene rings is 1. The van der Waals surface area contributed by atoms with Gasteiger partial charge in [0.15, 0.2) is 0 Å². The Morgan fingerprint density at radius 1 is 1.38 bits per heavy atom. The molecule has 3 nitrogen and oxygen atoms in total. The topological polar surface area (TPSA) is 51.2 Å². The van der Waals surface area contributed by atoms with Crippen LogP contribution in [0.25, 0.3) is 0 Å². The van der Waals surface area contributed by atoms with E-state index < -0.39 is 15.7 Å². The zero-order valence-electron chi connectivity index (χ0n) is 8.94. The maximum absolute atomic E-state index is 12.8. The number of carbonyl (C=O) groups is 1. The Morgan fingerprint density at radius 3 is 2.62 bits per heavy atom. The van der Waals surface area contributed by atoms with Crippen LogP contribution in [0.1, 0.15) is 12.0 Å². The van der Waals surface area contributed by atoms with E-state index in [1.165, 1.54) is 18.2 Å². The molecule has 0 amide bonds. The largest absolute Gasteiger partial charge is 0.299 e. The highest BCUT2D eigenvalue weighted by Gasteiger charge is 2.09. The molecule has 0 saturated carbocycles. The predicted octanol–water partition coefficient (Wildman–Crippen LogP) is 1.37. The van der Waals surface area contributed by atoms with Crippen molar-refractivity contribution in [2.45, 2.75) is 12.8 Å². The van der Waals surface area contributed by atoms with Gasteiger partial charge in [0.25, 0.3) is 0 Å². The number of rotatable bonds is 5. The number of sulfone groups is 1. The highest BCUT2D eigenvalue weighted by Crippen LogP contribution is 2.06. The Labute approximate surface area is 94.2 Å². The SMILES string of the molecule is CS(=O)(=O)CCC(=O)Cc1cccc(F)c1. The van der Waals surface area contributed by atoms with Crippen LogP contribution in [0.4, 0.5) is 4.39 Å². The number of carbonyl (C=O) groups excluding carboxylic acids is 1. The summed E-state index contributed by atoms with van der Waals surface area (Å²) in [5, 5.41) is 0. The lowest BCUT2D eigenvalue weighted by molar-refractivity contribution is -0.118. The molecule has 0 atom stereocenters. The fourth-order valence-electron chi connectivity index (χ4n) is 1.26. The van der Waals surface area contributed by atoms with Crippen molar-refractivity contribution < 1.29 is 17.6 Å². The van der Waals surface area contributed by atoms with Crippen molar-refractivity contribution in [3.05, 3.63) is 35.6 Å². The van der Waals surface area contributed by atoms with E-state index in [4.69, 9.17) is 0 Å². The van der Waals surface area contributed by atoms with Crippen LogP contribution in [0.15, 0.2) is 24.3 Å². The van der Waals surface area contributed by atoms with Gasteiger partial charge in [0.05, 0.1) is 5.75 Å². The predicted molar refractivity (Wildman–Crippen MR) is 59.4 cm³/mol. The average Bonchev–Trinajstić information content (AvgIpc) is 2.14. The van der Waals surface area contributed by atoms with Crippen LogP contribution in [0.3, 0.4) is 0 Å². The van der Waals surface area contributed by atoms with Gasteiger partial charge in [-0.15, -0.1) is 0 Å². The van der Waals surface area contributed by atoms with Crippen LogP contribution in [-0.4, -0.2) is 26.2 Å². The standard InChI is InChI=1S/C11H13FO3S/c1-16(14,15)6-5-11(13)8-9-3-2-4-10(12)7-9/h2-4,7H,5-6,8H2,1H3. The first kappa shape index (κ1) is 12.8. The van der Waals surface area contributed by atoms with Crippen molar-refractivity contribution in [1.82, 2.24) is 0 Å². The molecule has 0 bridgehead atoms. The molecule has 1 aromatic rings. The van der Waals surface area contributed by atoms with E-state index in [1.54, 1.807) is 6.07 Å². The van der Waals surface area contributed by atoms with Crippen LogP contribution in [-0.2, 0) is 21.1 Å². The molecule has 0 aliphatic heterocycles. The van der Waals surface area contributed by atoms with Crippen LogP contribution < -0.4 is 0 Å². The molecule has 1 rings (SSSR count). The molecule has 0 heterocycles. The molecule has 0 radical (unpaired) electrons. The average molecular weight is 244 g/mol. The third-order valence-corrected chi connectivity index (χ3v) is 2.99. The van der Waals surface area contributed by atoms with E-state index in [0.29, 0.717) is 5.56 Å². The fraction of sp³-hybridized carbons (Fsp3) is 0.364. The van der Waals surface area contributed by atoms with Gasteiger partial charge in [-0.2, -0.15) is 0 Å². The second-order valence-corrected chi connectivity index (χ2v) is 5.99. The molecule has 1 aromatic carbocycles. The summed E-state index contributed by atoms with van der Waals surface area (Å²) in [5.74, 6) is -0.745. The Hall–Kier alpha value is -1.23. The van der Waals surface area contributed by atoms with Gasteiger partial charge < -0.3 is 0 Å². The minimum Gasteiger partial charge on any atom is -0.299 e. The van der Waals surface area contributed by atoms with Gasteiger partial charge in [0.1, 0.15) is 21.4 Å². The highest BCUT2D eigenvalue weighted by molar-refractivity contribution is 7.90. The van der Waals surface area contributed by atoms with Crippen molar-refractivity contribution in [2.75, 3.05) is 12.0 Å². The summed E-state index contributed by atoms with van der Waals surface area (Å²) in [6.45, 7) is 0. The summed E-state index contributed by atoms with van der Waals surface area (Å²) >= 11 is 0. The lowest BCUT2D eigenvalue weighted by atomic mass is 10.1. The zero-order valence-corrected chi connectivity index (χ0v) is 9.76. The van der Waals surface area contributed by atoms with Gasteiger partial charge in [-0.25, -0.2) is 12.8 Å². The first-order valence-corrected chi connectivity index (χ1v) is 6.87. The Bertz CT molecular complexity index is 480. The number of hydrogen-bond donors (Lipinski definition) is 0. The molecular weight excluding hydrogens is 231 g/mol. The molecule has 5 heteroatoms. The zero-order chi connectivity index (χ0) is 12.2. The monoisotopic (exact) mass is 244 g/mol. The molecule has 0 aromatic heterocycles. The first-order valence-electron chi connectivity index (χ1n) is 4.81. The normalized spacial score (nSPS) is 11.4. The first-order chi connectivity index (χ1) is 7.37. The molecule has 0 spiro atoms. The molecule has 88 valence electrons. The summed E-state index contributed by atoms with van der Waals surface area (Å²) in [4.78, 5) is 11.4. The number of hydrogen-bond acceptors (Lipinski definition) is 3. The number of halogens is 1. The second kappa shape index (κ2) is 5.21. The Morgan fingerprint density at radius 2 is 2.06 bits per heavy atom. The van der Waals surface area contributed by atoms with E-state index in [-0.39, 0.29) is 24.4 Å². The van der Waals surface area contributed by atoms with Gasteiger partial charge in [0, 0.05) is 19.1 Å². The molecular formula is C11H13FO3S. The summed E-state index contributed by atoms with van der Waals surface area (Å²) in [7, 11) is -3.11. The maximum Gasteiger partial charge on any atom is 0.147 e. The summed E-state index contributed by atoms with van der Waals surface area (Å²) in [6.07, 6.45) is 1.14. The Kier molecular flexibility index (Phi) is 4.18. The minimum absolute atomic E-state index is 0.0185. The van der Waals surface area contributed by atoms with Crippen LogP contribution in [0.5, 0.6) is 0 Å². The molecule has 0 aliphatic carbocycles. The molecule has 0 N–H and O–H groups in total. The minimum atomic E-state index is -3.11. The smallest absolute Gasteiger partial charge is 0.147 e. The second-order valence-electron chi connectivity index (χ2n) is 3.73. The molecule has 0 aliphatic rings. The number of ketones is 1. The summed E-state index contributed by atoms with van der Waals surface area (Å²) < 4.78 is 34.4. The maximum atomic E-state index is 12.8. The van der Waals surface area contributed by atoms with E-state index in [2.05, 4.69) is 0 Å². The van der Waals surface area contributed by atoms with Gasteiger partial charge >= 0.3 is 0 Å². The van der Waals surface area contributed by atoms with Gasteiger partial charge in [-0.1, -0.05) is 12.1 Å². The molecule has 16 heavy (non-hydrogen) atoms. The van der Waals surface area contributed by atoms with Crippen LogP contribution >= 0.6 is 0 Å². The van der Waals surface area contributed by atoms with E-state index >= 15 is 0 Å². The van der Waals surface area contributed by atoms with Crippen molar-refractivity contribution in [3.63, 3.8) is 0 Å². The van der Waals surface area contributed by atoms with E-state index in [1.807, 2.05) is 0 Å². The van der Waals surface area contributed by atoms with Gasteiger partial charge in [0.2, 0.25) is 0 Å². The van der Waals surface area contributed by atoms with Crippen LogP contribution in [0.2, 0.25) is 0 Å². The quantitative estimate of drug-likeness (QED) is 0.786. The molecule has 0 fully saturated rings. The lowest BCUT2D eigenvalue weighted by Gasteiger charge is -2.01. The summed E-state index contributed by atoms with van der Waals surface area (Å²) in [6, 6.07) is 5.73. The van der Waals surface area contributed by atoms with Crippen LogP contribution in [0, 0.1) is 5.82 Å². The number of Topliss-reactive ketones (excluding diaryl/α,β-unsaturated/α-hetero) is 1. The van der Waals surface area contributed by atoms with Crippen molar-refractivity contribution >= 4 is 15.6 Å². The molecule has 0 unspecified atom stereocenters. The van der Waals surface area contributed by atoms with E-state index in [0.717, 1.165) is 6.26 Å². The van der Waals surface area contributed by atoms with Gasteiger partial charge in [-0.3, -0.25) is 4.79 Å². The molecule has 0 saturated heterocycles. The van der Waals surface area contributed by atoms with Gasteiger partial charge in [-0.05, 0) is 17.7 Å². The fourth-order valence-corrected chi connectivity index (χ4v) is 1.86. The lowest BCUT2D eigenvalue weighted by Crippen LogP contribution is -2.11. The Balaban J connectivity index is 2.52. The summed E-state index contributed by atoms with van der Waals surface area (Å²) in [5.41, 5.74) is 0.568. The van der Waals surface area contributed by atoms with E-state index in [9.17, 15) is 17.6 Å². The van der Waals surface area contributed by atoms with Crippen molar-refractivity contribution in [3.8, 4) is 0 Å². The van der Waals surface area contributed by atoms with Crippen molar-refractivity contribution in [1.29, 1.82) is 0 Å². The third-order valence-electron chi connectivity index (χ3n) is 2.04. The third kappa shape index (κ3) is 5.02. The van der Waals surface area contributed by atoms with Crippen molar-refractivity contribution in [2.24, 2.45) is 0 Å². The highest BCUT2D eigenvalue weighted by atomic mass is 32.2.